The van der Waals surface area contributed by atoms with Gasteiger partial charge in [-0.15, -0.1) is 11.3 Å². The third-order valence-corrected chi connectivity index (χ3v) is 5.41. The number of morpholine rings is 1. The second-order valence-electron chi connectivity index (χ2n) is 5.70. The number of ether oxygens (including phenoxy) is 1. The number of nitrogen functional groups attached to an aromatic ring is 1. The molecule has 2 aliphatic rings. The molecule has 1 aromatic heterocycles. The first kappa shape index (κ1) is 14.2. The van der Waals surface area contributed by atoms with Crippen molar-refractivity contribution < 1.29 is 9.13 Å². The number of rotatable bonds is 2. The van der Waals surface area contributed by atoms with Crippen LogP contribution in [0.3, 0.4) is 0 Å². The summed E-state index contributed by atoms with van der Waals surface area (Å²) < 4.78 is 19.7. The van der Waals surface area contributed by atoms with Gasteiger partial charge in [-0.1, -0.05) is 11.6 Å². The molecule has 116 valence electrons. The molecule has 4 rings (SSSR count). The van der Waals surface area contributed by atoms with Crippen LogP contribution in [0.2, 0.25) is 5.02 Å². The molecule has 2 unspecified atom stereocenters. The molecule has 0 aliphatic carbocycles. The van der Waals surface area contributed by atoms with E-state index in [1.165, 1.54) is 6.07 Å². The molecule has 0 radical (unpaired) electrons. The van der Waals surface area contributed by atoms with Crippen LogP contribution in [0.25, 0.3) is 11.3 Å². The number of hydrogen-bond acceptors (Lipinski definition) is 5. The summed E-state index contributed by atoms with van der Waals surface area (Å²) in [6.45, 7) is 1.74. The topological polar surface area (TPSA) is 51.4 Å². The lowest BCUT2D eigenvalue weighted by atomic mass is 10.1. The van der Waals surface area contributed by atoms with Crippen LogP contribution in [-0.4, -0.2) is 30.3 Å². The number of halogens is 2. The zero-order valence-corrected chi connectivity index (χ0v) is 13.3. The van der Waals surface area contributed by atoms with Crippen LogP contribution in [0.4, 0.5) is 15.2 Å². The Morgan fingerprint density at radius 1 is 1.32 bits per heavy atom. The number of nitrogens with zero attached hydrogens (tertiary/aromatic N) is 2. The summed E-state index contributed by atoms with van der Waals surface area (Å²) in [4.78, 5) is 6.88. The van der Waals surface area contributed by atoms with Gasteiger partial charge in [-0.05, 0) is 25.0 Å². The Labute approximate surface area is 136 Å². The molecule has 22 heavy (non-hydrogen) atoms. The average Bonchev–Trinajstić information content (AvgIpc) is 3.12. The van der Waals surface area contributed by atoms with Gasteiger partial charge in [0.05, 0.1) is 28.6 Å². The maximum absolute atomic E-state index is 13.8. The molecular weight excluding hydrogens is 325 g/mol. The fourth-order valence-corrected chi connectivity index (χ4v) is 4.10. The van der Waals surface area contributed by atoms with E-state index < -0.39 is 5.82 Å². The quantitative estimate of drug-likeness (QED) is 0.850. The van der Waals surface area contributed by atoms with Gasteiger partial charge >= 0.3 is 0 Å². The first-order chi connectivity index (χ1) is 10.6. The van der Waals surface area contributed by atoms with E-state index in [0.29, 0.717) is 23.5 Å². The van der Waals surface area contributed by atoms with Gasteiger partial charge in [0.2, 0.25) is 0 Å². The summed E-state index contributed by atoms with van der Waals surface area (Å²) in [6.07, 6.45) is 2.86. The number of nitrogens with two attached hydrogens (primary N) is 1. The molecule has 2 bridgehead atoms. The lowest BCUT2D eigenvalue weighted by Crippen LogP contribution is -2.42. The van der Waals surface area contributed by atoms with Crippen molar-refractivity contribution in [2.45, 2.75) is 25.0 Å². The molecule has 0 amide bonds. The molecule has 2 N–H and O–H groups in total. The van der Waals surface area contributed by atoms with Crippen LogP contribution in [-0.2, 0) is 4.74 Å². The first-order valence-electron chi connectivity index (χ1n) is 7.21. The predicted molar refractivity (Wildman–Crippen MR) is 87.0 cm³/mol. The van der Waals surface area contributed by atoms with Gasteiger partial charge in [-0.3, -0.25) is 0 Å². The number of fused-ring (bicyclic) bond motifs is 2. The average molecular weight is 340 g/mol. The van der Waals surface area contributed by atoms with Crippen molar-refractivity contribution >= 4 is 33.8 Å². The van der Waals surface area contributed by atoms with E-state index in [9.17, 15) is 4.39 Å². The number of aromatic nitrogens is 1. The maximum Gasteiger partial charge on any atom is 0.186 e. The summed E-state index contributed by atoms with van der Waals surface area (Å²) >= 11 is 7.29. The van der Waals surface area contributed by atoms with Crippen LogP contribution >= 0.6 is 22.9 Å². The van der Waals surface area contributed by atoms with Crippen molar-refractivity contribution in [1.29, 1.82) is 0 Å². The number of benzene rings is 1. The van der Waals surface area contributed by atoms with Crippen molar-refractivity contribution in [3.05, 3.63) is 28.4 Å². The monoisotopic (exact) mass is 339 g/mol. The van der Waals surface area contributed by atoms with E-state index in [1.54, 1.807) is 17.4 Å². The molecule has 3 heterocycles. The largest absolute Gasteiger partial charge is 0.396 e. The van der Waals surface area contributed by atoms with E-state index >= 15 is 0 Å². The predicted octanol–water partition coefficient (Wildman–Crippen LogP) is 3.55. The Bertz CT molecular complexity index is 711. The molecule has 7 heteroatoms. The molecule has 1 aromatic carbocycles. The van der Waals surface area contributed by atoms with Gasteiger partial charge in [0.15, 0.2) is 10.9 Å². The van der Waals surface area contributed by atoms with E-state index in [4.69, 9.17) is 22.1 Å². The normalized spacial score (nSPS) is 24.0. The highest BCUT2D eigenvalue weighted by Crippen LogP contribution is 2.36. The van der Waals surface area contributed by atoms with E-state index in [-0.39, 0.29) is 10.7 Å². The zero-order valence-electron chi connectivity index (χ0n) is 11.8. The second-order valence-corrected chi connectivity index (χ2v) is 6.94. The van der Waals surface area contributed by atoms with Gasteiger partial charge in [0.1, 0.15) is 0 Å². The third kappa shape index (κ3) is 2.35. The van der Waals surface area contributed by atoms with Crippen molar-refractivity contribution in [2.24, 2.45) is 0 Å². The van der Waals surface area contributed by atoms with Crippen LogP contribution in [0.1, 0.15) is 12.8 Å². The Kier molecular flexibility index (Phi) is 3.47. The molecule has 2 fully saturated rings. The van der Waals surface area contributed by atoms with Crippen molar-refractivity contribution in [3.63, 3.8) is 0 Å². The van der Waals surface area contributed by atoms with Crippen LogP contribution < -0.4 is 10.6 Å². The molecule has 4 nitrogen and oxygen atoms in total. The van der Waals surface area contributed by atoms with Crippen LogP contribution in [0.5, 0.6) is 0 Å². The molecule has 2 aliphatic heterocycles. The third-order valence-electron chi connectivity index (χ3n) is 4.21. The molecule has 2 saturated heterocycles. The highest BCUT2D eigenvalue weighted by molar-refractivity contribution is 7.14. The van der Waals surface area contributed by atoms with Gasteiger partial charge in [-0.25, -0.2) is 9.37 Å². The smallest absolute Gasteiger partial charge is 0.186 e. The Balaban J connectivity index is 1.63. The minimum Gasteiger partial charge on any atom is -0.396 e. The van der Waals surface area contributed by atoms with Gasteiger partial charge in [0, 0.05) is 24.0 Å². The van der Waals surface area contributed by atoms with Crippen LogP contribution in [0, 0.1) is 5.82 Å². The summed E-state index contributed by atoms with van der Waals surface area (Å²) in [5, 5.41) is 2.87. The Morgan fingerprint density at radius 2 is 2.05 bits per heavy atom. The number of anilines is 2. The van der Waals surface area contributed by atoms with Gasteiger partial charge < -0.3 is 15.4 Å². The minimum atomic E-state index is -0.585. The first-order valence-corrected chi connectivity index (χ1v) is 8.47. The van der Waals surface area contributed by atoms with Crippen molar-refractivity contribution in [2.75, 3.05) is 23.7 Å². The fraction of sp³-hybridized carbons (Fsp3) is 0.400. The van der Waals surface area contributed by atoms with E-state index in [1.807, 2.05) is 5.38 Å². The molecule has 2 aromatic rings. The number of thiazole rings is 1. The number of hydrogen-bond donors (Lipinski definition) is 1. The zero-order chi connectivity index (χ0) is 15.3. The molecule has 0 saturated carbocycles. The summed E-state index contributed by atoms with van der Waals surface area (Å²) in [7, 11) is 0. The van der Waals surface area contributed by atoms with E-state index in [2.05, 4.69) is 9.88 Å². The lowest BCUT2D eigenvalue weighted by Gasteiger charge is -2.31. The van der Waals surface area contributed by atoms with Crippen LogP contribution in [0.15, 0.2) is 17.5 Å². The summed E-state index contributed by atoms with van der Waals surface area (Å²) in [5.74, 6) is -0.585. The Hall–Kier alpha value is -1.37. The second kappa shape index (κ2) is 5.37. The SMILES string of the molecule is Nc1c(-c2csc(N3CC4CCC(C3)O4)n2)ccc(Cl)c1F. The summed E-state index contributed by atoms with van der Waals surface area (Å²) in [6, 6.07) is 3.22. The minimum absolute atomic E-state index is 0.0291. The standard InChI is InChI=1S/C15H15ClFN3OS/c16-11-4-3-10(14(18)13(11)17)12-7-22-15(19-12)20-5-8-1-2-9(6-20)21-8/h3-4,7-9H,1-2,5-6,18H2. The lowest BCUT2D eigenvalue weighted by molar-refractivity contribution is 0.0305. The highest BCUT2D eigenvalue weighted by Gasteiger charge is 2.34. The Morgan fingerprint density at radius 3 is 2.77 bits per heavy atom. The van der Waals surface area contributed by atoms with Crippen molar-refractivity contribution in [3.8, 4) is 11.3 Å². The highest BCUT2D eigenvalue weighted by atomic mass is 35.5. The molecule has 2 atom stereocenters. The summed E-state index contributed by atoms with van der Waals surface area (Å²) in [5.41, 5.74) is 7.15. The van der Waals surface area contributed by atoms with E-state index in [0.717, 1.165) is 31.1 Å². The van der Waals surface area contributed by atoms with Crippen molar-refractivity contribution in [1.82, 2.24) is 4.98 Å². The van der Waals surface area contributed by atoms with Gasteiger partial charge in [-0.2, -0.15) is 0 Å². The molecule has 0 spiro atoms. The molecular formula is C15H15ClFN3OS. The van der Waals surface area contributed by atoms with Gasteiger partial charge in [0.25, 0.3) is 0 Å². The fourth-order valence-electron chi connectivity index (χ4n) is 3.09. The maximum atomic E-state index is 13.8.